The summed E-state index contributed by atoms with van der Waals surface area (Å²) >= 11 is 6.18. The maximum Gasteiger partial charge on any atom is 0.235 e. The predicted octanol–water partition coefficient (Wildman–Crippen LogP) is 5.93. The molecule has 6 heteroatoms. The number of anilines is 1. The van der Waals surface area contributed by atoms with Gasteiger partial charge in [-0.05, 0) is 48.6 Å². The summed E-state index contributed by atoms with van der Waals surface area (Å²) in [5.74, 6) is 2.87. The van der Waals surface area contributed by atoms with Crippen molar-refractivity contribution in [2.75, 3.05) is 18.0 Å². The molecule has 0 amide bonds. The third kappa shape index (κ3) is 4.44. The number of oxazole rings is 1. The minimum absolute atomic E-state index is 0.338. The normalized spacial score (nSPS) is 18.8. The fourth-order valence-corrected chi connectivity index (χ4v) is 4.21. The van der Waals surface area contributed by atoms with Crippen LogP contribution in [0.3, 0.4) is 0 Å². The highest BCUT2D eigenvalue weighted by Gasteiger charge is 2.27. The Hall–Kier alpha value is -2.97. The summed E-state index contributed by atoms with van der Waals surface area (Å²) < 4.78 is 11.9. The van der Waals surface area contributed by atoms with Crippen molar-refractivity contribution >= 4 is 17.5 Å². The molecule has 5 nitrogen and oxygen atoms in total. The van der Waals surface area contributed by atoms with Crippen LogP contribution in [0, 0.1) is 23.2 Å². The molecule has 30 heavy (non-hydrogen) atoms. The number of hydrogen-bond acceptors (Lipinski definition) is 5. The van der Waals surface area contributed by atoms with Crippen molar-refractivity contribution in [2.24, 2.45) is 11.8 Å². The molecule has 1 saturated heterocycles. The highest BCUT2D eigenvalue weighted by Crippen LogP contribution is 2.33. The number of aromatic nitrogens is 1. The summed E-state index contributed by atoms with van der Waals surface area (Å²) in [4.78, 5) is 6.58. The Bertz CT molecular complexity index is 1050. The number of nitrogens with zero attached hydrogens (tertiary/aromatic N) is 3. The van der Waals surface area contributed by atoms with Gasteiger partial charge in [0.1, 0.15) is 18.4 Å². The Morgan fingerprint density at radius 3 is 2.50 bits per heavy atom. The molecule has 1 aliphatic heterocycles. The fraction of sp³-hybridized carbons (Fsp3) is 0.333. The first-order valence-corrected chi connectivity index (χ1v) is 10.5. The molecule has 1 fully saturated rings. The van der Waals surface area contributed by atoms with Crippen LogP contribution in [0.25, 0.3) is 11.5 Å². The molecule has 4 rings (SSSR count). The lowest BCUT2D eigenvalue weighted by atomic mass is 9.92. The molecular formula is C24H24ClN3O2. The van der Waals surface area contributed by atoms with Crippen molar-refractivity contribution in [2.45, 2.75) is 26.9 Å². The van der Waals surface area contributed by atoms with Gasteiger partial charge in [-0.25, -0.2) is 0 Å². The minimum atomic E-state index is 0.338. The zero-order valence-electron chi connectivity index (χ0n) is 17.1. The first-order valence-electron chi connectivity index (χ1n) is 10.2. The average Bonchev–Trinajstić information content (AvgIpc) is 3.17. The zero-order chi connectivity index (χ0) is 21.1. The Labute approximate surface area is 181 Å². The number of nitriles is 1. The highest BCUT2D eigenvalue weighted by atomic mass is 35.5. The molecule has 154 valence electrons. The number of piperidine rings is 1. The molecule has 0 saturated carbocycles. The van der Waals surface area contributed by atoms with E-state index in [0.29, 0.717) is 40.9 Å². The molecule has 1 aliphatic rings. The highest BCUT2D eigenvalue weighted by molar-refractivity contribution is 6.31. The zero-order valence-corrected chi connectivity index (χ0v) is 17.9. The standard InChI is InChI=1S/C24H24ClN3O2/c1-16-11-17(2)14-28(13-16)24-22(12-26)27-23(30-24)18-7-9-20(10-8-18)29-15-19-5-3-4-6-21(19)25/h3-10,16-17H,11,13-15H2,1-2H3/t16-,17-/m1/s1. The van der Waals surface area contributed by atoms with Crippen molar-refractivity contribution in [1.82, 2.24) is 4.98 Å². The van der Waals surface area contributed by atoms with Crippen molar-refractivity contribution in [3.63, 3.8) is 0 Å². The van der Waals surface area contributed by atoms with Gasteiger partial charge in [0.2, 0.25) is 17.5 Å². The number of benzene rings is 2. The smallest absolute Gasteiger partial charge is 0.235 e. The number of halogens is 1. The minimum Gasteiger partial charge on any atom is -0.489 e. The second-order valence-corrected chi connectivity index (χ2v) is 8.45. The van der Waals surface area contributed by atoms with E-state index in [4.69, 9.17) is 20.8 Å². The summed E-state index contributed by atoms with van der Waals surface area (Å²) in [6.45, 7) is 6.61. The molecule has 3 aromatic rings. The van der Waals surface area contributed by atoms with E-state index in [1.165, 1.54) is 6.42 Å². The van der Waals surface area contributed by atoms with Gasteiger partial charge in [-0.1, -0.05) is 43.6 Å². The van der Waals surface area contributed by atoms with E-state index in [1.807, 2.05) is 48.5 Å². The average molecular weight is 422 g/mol. The van der Waals surface area contributed by atoms with Crippen molar-refractivity contribution in [3.05, 3.63) is 64.8 Å². The topological polar surface area (TPSA) is 62.3 Å². The van der Waals surface area contributed by atoms with Gasteiger partial charge in [0.25, 0.3) is 0 Å². The molecule has 0 radical (unpaired) electrons. The van der Waals surface area contributed by atoms with Gasteiger partial charge >= 0.3 is 0 Å². The molecule has 0 spiro atoms. The van der Waals surface area contributed by atoms with Crippen molar-refractivity contribution in [3.8, 4) is 23.3 Å². The van der Waals surface area contributed by atoms with Gasteiger partial charge in [0.05, 0.1) is 0 Å². The second kappa shape index (κ2) is 8.81. The van der Waals surface area contributed by atoms with Crippen LogP contribution in [0.4, 0.5) is 5.88 Å². The van der Waals surface area contributed by atoms with Gasteiger partial charge < -0.3 is 14.1 Å². The third-order valence-electron chi connectivity index (χ3n) is 5.32. The van der Waals surface area contributed by atoms with E-state index in [9.17, 15) is 5.26 Å². The first-order chi connectivity index (χ1) is 14.5. The summed E-state index contributed by atoms with van der Waals surface area (Å²) in [7, 11) is 0. The SMILES string of the molecule is C[C@@H]1C[C@@H](C)CN(c2oc(-c3ccc(OCc4ccccc4Cl)cc3)nc2C#N)C1. The quantitative estimate of drug-likeness (QED) is 0.511. The molecule has 2 atom stereocenters. The van der Waals surface area contributed by atoms with Crippen LogP contribution < -0.4 is 9.64 Å². The fourth-order valence-electron chi connectivity index (χ4n) is 4.02. The Kier molecular flexibility index (Phi) is 5.96. The Morgan fingerprint density at radius 1 is 1.13 bits per heavy atom. The van der Waals surface area contributed by atoms with Crippen LogP contribution in [0.1, 0.15) is 31.5 Å². The van der Waals surface area contributed by atoms with Gasteiger partial charge in [-0.3, -0.25) is 0 Å². The molecule has 2 aromatic carbocycles. The van der Waals surface area contributed by atoms with E-state index in [1.54, 1.807) is 0 Å². The molecule has 2 heterocycles. The molecule has 1 aromatic heterocycles. The van der Waals surface area contributed by atoms with E-state index >= 15 is 0 Å². The maximum absolute atomic E-state index is 9.56. The van der Waals surface area contributed by atoms with E-state index in [-0.39, 0.29) is 0 Å². The maximum atomic E-state index is 9.56. The van der Waals surface area contributed by atoms with Gasteiger partial charge in [-0.2, -0.15) is 10.2 Å². The molecular weight excluding hydrogens is 398 g/mol. The summed E-state index contributed by atoms with van der Waals surface area (Å²) in [6.07, 6.45) is 1.19. The van der Waals surface area contributed by atoms with Crippen LogP contribution in [-0.2, 0) is 6.61 Å². The molecule has 0 aliphatic carbocycles. The lowest BCUT2D eigenvalue weighted by Crippen LogP contribution is -2.38. The van der Waals surface area contributed by atoms with Crippen molar-refractivity contribution < 1.29 is 9.15 Å². The second-order valence-electron chi connectivity index (χ2n) is 8.04. The van der Waals surface area contributed by atoms with Crippen LogP contribution in [0.5, 0.6) is 5.75 Å². The van der Waals surface area contributed by atoms with Crippen LogP contribution in [-0.4, -0.2) is 18.1 Å². The molecule has 0 bridgehead atoms. The van der Waals surface area contributed by atoms with Gasteiger partial charge in [0.15, 0.2) is 0 Å². The summed E-state index contributed by atoms with van der Waals surface area (Å²) in [5.41, 5.74) is 2.08. The largest absolute Gasteiger partial charge is 0.489 e. The number of hydrogen-bond donors (Lipinski definition) is 0. The monoisotopic (exact) mass is 421 g/mol. The number of rotatable bonds is 5. The summed E-state index contributed by atoms with van der Waals surface area (Å²) in [5, 5.41) is 10.2. The third-order valence-corrected chi connectivity index (χ3v) is 5.69. The molecule has 0 unspecified atom stereocenters. The van der Waals surface area contributed by atoms with Crippen LogP contribution >= 0.6 is 11.6 Å². The Balaban J connectivity index is 1.50. The summed E-state index contributed by atoms with van der Waals surface area (Å²) in [6, 6.07) is 17.3. The van der Waals surface area contributed by atoms with Crippen LogP contribution in [0.2, 0.25) is 5.02 Å². The van der Waals surface area contributed by atoms with Crippen LogP contribution in [0.15, 0.2) is 52.9 Å². The lowest BCUT2D eigenvalue weighted by Gasteiger charge is -2.34. The lowest BCUT2D eigenvalue weighted by molar-refractivity contribution is 0.306. The predicted molar refractivity (Wildman–Crippen MR) is 118 cm³/mol. The van der Waals surface area contributed by atoms with E-state index in [0.717, 1.165) is 30.0 Å². The van der Waals surface area contributed by atoms with Gasteiger partial charge in [0, 0.05) is 29.2 Å². The molecule has 0 N–H and O–H groups in total. The van der Waals surface area contributed by atoms with E-state index in [2.05, 4.69) is 29.8 Å². The van der Waals surface area contributed by atoms with Gasteiger partial charge in [-0.15, -0.1) is 0 Å². The number of ether oxygens (including phenoxy) is 1. The Morgan fingerprint density at radius 2 is 1.83 bits per heavy atom. The first kappa shape index (κ1) is 20.3. The van der Waals surface area contributed by atoms with E-state index < -0.39 is 0 Å². The van der Waals surface area contributed by atoms with Crippen molar-refractivity contribution in [1.29, 1.82) is 5.26 Å².